The van der Waals surface area contributed by atoms with Crippen molar-refractivity contribution in [2.24, 2.45) is 0 Å². The molecule has 0 fully saturated rings. The van der Waals surface area contributed by atoms with Gasteiger partial charge in [0.15, 0.2) is 0 Å². The molecule has 0 aliphatic carbocycles. The maximum absolute atomic E-state index is 4.00. The van der Waals surface area contributed by atoms with Crippen molar-refractivity contribution < 1.29 is 0 Å². The Morgan fingerprint density at radius 3 is 1.79 bits per heavy atom. The Bertz CT molecular complexity index is 948. The Morgan fingerprint density at radius 1 is 0.576 bits per heavy atom. The smallest absolute Gasteiger partial charge is 0.0186 e. The minimum Gasteiger partial charge on any atom is -0.0891 e. The lowest BCUT2D eigenvalue weighted by atomic mass is 9.94. The molecule has 3 aromatic carbocycles. The molecule has 0 N–H and O–H groups in total. The molecule has 3 rings (SSSR count). The van der Waals surface area contributed by atoms with E-state index in [9.17, 15) is 0 Å². The van der Waals surface area contributed by atoms with Crippen molar-refractivity contribution in [2.75, 3.05) is 0 Å². The van der Waals surface area contributed by atoms with Gasteiger partial charge in [-0.2, -0.15) is 0 Å². The molecular weight excluding hydrogens is 532 g/mol. The number of alkyl halides is 2. The molecule has 33 heavy (non-hydrogen) atoms. The summed E-state index contributed by atoms with van der Waals surface area (Å²) < 4.78 is 0. The van der Waals surface area contributed by atoms with Crippen LogP contribution in [0.3, 0.4) is 0 Å². The lowest BCUT2D eigenvalue weighted by Crippen LogP contribution is -2.05. The summed E-state index contributed by atoms with van der Waals surface area (Å²) in [5.41, 5.74) is 1.47. The van der Waals surface area contributed by atoms with E-state index in [2.05, 4.69) is 93.4 Å². The van der Waals surface area contributed by atoms with E-state index in [0.717, 1.165) is 6.42 Å². The van der Waals surface area contributed by atoms with Gasteiger partial charge in [-0.25, -0.2) is 0 Å². The molecular formula is C31H42Br2. The normalized spacial score (nSPS) is 13.5. The van der Waals surface area contributed by atoms with Crippen molar-refractivity contribution in [3.8, 4) is 0 Å². The average Bonchev–Trinajstić information content (AvgIpc) is 2.83. The van der Waals surface area contributed by atoms with Gasteiger partial charge in [0.1, 0.15) is 0 Å². The molecule has 0 aromatic heterocycles. The number of rotatable bonds is 16. The molecule has 0 spiro atoms. The highest BCUT2D eigenvalue weighted by molar-refractivity contribution is 9.09. The van der Waals surface area contributed by atoms with Crippen molar-refractivity contribution >= 4 is 53.4 Å². The summed E-state index contributed by atoms with van der Waals surface area (Å²) in [6.07, 6.45) is 18.9. The van der Waals surface area contributed by atoms with Crippen LogP contribution in [0.1, 0.15) is 96.0 Å². The highest BCUT2D eigenvalue weighted by atomic mass is 79.9. The molecule has 0 aliphatic heterocycles. The predicted octanol–water partition coefficient (Wildman–Crippen LogP) is 11.2. The first-order valence-corrected chi connectivity index (χ1v) is 15.2. The number of unbranched alkanes of at least 4 members (excludes halogenated alkanes) is 8. The van der Waals surface area contributed by atoms with Gasteiger partial charge in [-0.15, -0.1) is 0 Å². The third kappa shape index (κ3) is 9.02. The first kappa shape index (κ1) is 26.7. The summed E-state index contributed by atoms with van der Waals surface area (Å²) in [7, 11) is 0. The van der Waals surface area contributed by atoms with Gasteiger partial charge in [-0.1, -0.05) is 158 Å². The second kappa shape index (κ2) is 15.2. The molecule has 2 atom stereocenters. The Kier molecular flexibility index (Phi) is 12.3. The molecule has 0 saturated heterocycles. The molecule has 2 heteroatoms. The van der Waals surface area contributed by atoms with Gasteiger partial charge in [0, 0.05) is 9.65 Å². The molecule has 0 nitrogen and oxygen atoms in total. The van der Waals surface area contributed by atoms with Crippen LogP contribution in [-0.4, -0.2) is 9.65 Å². The van der Waals surface area contributed by atoms with Gasteiger partial charge in [-0.05, 0) is 52.8 Å². The van der Waals surface area contributed by atoms with Crippen LogP contribution in [0.15, 0.2) is 54.6 Å². The third-order valence-electron chi connectivity index (χ3n) is 6.95. The molecule has 2 unspecified atom stereocenters. The fourth-order valence-electron chi connectivity index (χ4n) is 5.02. The SMILES string of the molecule is CCCCCCCCCCC(Br)CCCCC(Br)Cc1cc2ccccc2c2ccccc12. The Hall–Kier alpha value is -0.860. The molecule has 0 amide bonds. The largest absolute Gasteiger partial charge is 0.0891 e. The zero-order valence-electron chi connectivity index (χ0n) is 20.5. The Balaban J connectivity index is 1.35. The maximum atomic E-state index is 4.00. The second-order valence-electron chi connectivity index (χ2n) is 9.75. The second-order valence-corrected chi connectivity index (χ2v) is 12.3. The number of hydrogen-bond donors (Lipinski definition) is 0. The Labute approximate surface area is 219 Å². The minimum absolute atomic E-state index is 0.545. The number of hydrogen-bond acceptors (Lipinski definition) is 0. The van der Waals surface area contributed by atoms with Gasteiger partial charge in [0.25, 0.3) is 0 Å². The zero-order chi connectivity index (χ0) is 23.3. The highest BCUT2D eigenvalue weighted by Crippen LogP contribution is 2.31. The van der Waals surface area contributed by atoms with E-state index >= 15 is 0 Å². The number of halogens is 2. The molecule has 0 heterocycles. The van der Waals surface area contributed by atoms with E-state index in [1.54, 1.807) is 0 Å². The molecule has 3 aromatic rings. The summed E-state index contributed by atoms with van der Waals surface area (Å²) >= 11 is 7.94. The third-order valence-corrected chi connectivity index (χ3v) is 8.65. The van der Waals surface area contributed by atoms with Gasteiger partial charge in [-0.3, -0.25) is 0 Å². The van der Waals surface area contributed by atoms with E-state index < -0.39 is 0 Å². The fourth-order valence-corrected chi connectivity index (χ4v) is 6.34. The first-order chi connectivity index (χ1) is 16.2. The van der Waals surface area contributed by atoms with Crippen LogP contribution in [0, 0.1) is 0 Å². The van der Waals surface area contributed by atoms with Crippen LogP contribution in [0.2, 0.25) is 0 Å². The van der Waals surface area contributed by atoms with Crippen LogP contribution in [-0.2, 0) is 6.42 Å². The topological polar surface area (TPSA) is 0 Å². The van der Waals surface area contributed by atoms with Crippen molar-refractivity contribution in [2.45, 2.75) is 106 Å². The van der Waals surface area contributed by atoms with Crippen LogP contribution >= 0.6 is 31.9 Å². The van der Waals surface area contributed by atoms with E-state index in [4.69, 9.17) is 0 Å². The van der Waals surface area contributed by atoms with Gasteiger partial charge in [0.05, 0.1) is 0 Å². The van der Waals surface area contributed by atoms with Crippen molar-refractivity contribution in [3.05, 3.63) is 60.2 Å². The lowest BCUT2D eigenvalue weighted by Gasteiger charge is -2.15. The number of benzene rings is 3. The summed E-state index contributed by atoms with van der Waals surface area (Å²) in [5, 5.41) is 5.51. The minimum atomic E-state index is 0.545. The summed E-state index contributed by atoms with van der Waals surface area (Å²) in [5.74, 6) is 0. The van der Waals surface area contributed by atoms with Gasteiger partial charge < -0.3 is 0 Å². The van der Waals surface area contributed by atoms with Crippen LogP contribution in [0.25, 0.3) is 21.5 Å². The molecule has 180 valence electrons. The van der Waals surface area contributed by atoms with Crippen molar-refractivity contribution in [1.82, 2.24) is 0 Å². The zero-order valence-corrected chi connectivity index (χ0v) is 23.7. The van der Waals surface area contributed by atoms with Crippen molar-refractivity contribution in [3.63, 3.8) is 0 Å². The summed E-state index contributed by atoms with van der Waals surface area (Å²) in [4.78, 5) is 1.25. The van der Waals surface area contributed by atoms with Gasteiger partial charge in [0.2, 0.25) is 0 Å². The fraction of sp³-hybridized carbons (Fsp3) is 0.548. The maximum Gasteiger partial charge on any atom is 0.0186 e. The molecule has 0 saturated carbocycles. The molecule has 0 aliphatic rings. The van der Waals surface area contributed by atoms with Crippen LogP contribution < -0.4 is 0 Å². The van der Waals surface area contributed by atoms with E-state index in [0.29, 0.717) is 9.65 Å². The van der Waals surface area contributed by atoms with Crippen LogP contribution in [0.4, 0.5) is 0 Å². The molecule has 0 bridgehead atoms. The van der Waals surface area contributed by atoms with E-state index in [1.165, 1.54) is 111 Å². The average molecular weight is 574 g/mol. The molecule has 0 radical (unpaired) electrons. The first-order valence-electron chi connectivity index (χ1n) is 13.4. The quantitative estimate of drug-likeness (QED) is 0.0907. The Morgan fingerprint density at radius 2 is 1.09 bits per heavy atom. The van der Waals surface area contributed by atoms with E-state index in [1.807, 2.05) is 0 Å². The van der Waals surface area contributed by atoms with Crippen molar-refractivity contribution in [1.29, 1.82) is 0 Å². The monoisotopic (exact) mass is 572 g/mol. The predicted molar refractivity (Wildman–Crippen MR) is 156 cm³/mol. The number of fused-ring (bicyclic) bond motifs is 3. The van der Waals surface area contributed by atoms with Crippen LogP contribution in [0.5, 0.6) is 0 Å². The standard InChI is InChI=1S/C31H42Br2/c1-2-3-4-5-6-7-8-9-17-27(32)18-11-12-19-28(33)24-26-23-25-16-10-13-20-29(25)31-22-15-14-21-30(26)31/h10,13-16,20-23,27-28H,2-9,11-12,17-19,24H2,1H3. The summed E-state index contributed by atoms with van der Waals surface area (Å²) in [6.45, 7) is 2.29. The highest BCUT2D eigenvalue weighted by Gasteiger charge is 2.12. The lowest BCUT2D eigenvalue weighted by molar-refractivity contribution is 0.543. The van der Waals surface area contributed by atoms with E-state index in [-0.39, 0.29) is 0 Å². The van der Waals surface area contributed by atoms with Gasteiger partial charge >= 0.3 is 0 Å². The summed E-state index contributed by atoms with van der Waals surface area (Å²) in [6, 6.07) is 20.1.